The standard InChI is InChI=1S/C18H13F2N5O3/c1-2-14(23-18(27)28)16-24-15-9(6-21)3-10(19)5-13(15)17(26)25(16)12-4-11(20)7-22-8-12/h3-5,7-8,14,23H,2H2,1H3,(H,27,28). The summed E-state index contributed by atoms with van der Waals surface area (Å²) in [5, 5.41) is 20.4. The first-order valence-electron chi connectivity index (χ1n) is 8.12. The van der Waals surface area contributed by atoms with Crippen LogP contribution in [0.4, 0.5) is 13.6 Å². The highest BCUT2D eigenvalue weighted by Crippen LogP contribution is 2.23. The van der Waals surface area contributed by atoms with Crippen LogP contribution in [0.1, 0.15) is 30.8 Å². The number of amides is 1. The topological polar surface area (TPSA) is 121 Å². The molecule has 0 aliphatic rings. The third kappa shape index (κ3) is 3.37. The highest BCUT2D eigenvalue weighted by molar-refractivity contribution is 5.84. The molecular formula is C18H13F2N5O3. The van der Waals surface area contributed by atoms with Gasteiger partial charge in [-0.1, -0.05) is 6.92 Å². The van der Waals surface area contributed by atoms with Gasteiger partial charge in [0.1, 0.15) is 23.5 Å². The van der Waals surface area contributed by atoms with Gasteiger partial charge >= 0.3 is 6.09 Å². The van der Waals surface area contributed by atoms with Crippen LogP contribution in [0.25, 0.3) is 16.6 Å². The molecule has 2 heterocycles. The molecule has 0 fully saturated rings. The van der Waals surface area contributed by atoms with E-state index in [0.29, 0.717) is 0 Å². The number of carboxylic acid groups (broad SMARTS) is 1. The molecule has 0 saturated heterocycles. The summed E-state index contributed by atoms with van der Waals surface area (Å²) >= 11 is 0. The predicted molar refractivity (Wildman–Crippen MR) is 94.0 cm³/mol. The SMILES string of the molecule is CCC(NC(=O)O)c1nc2c(C#N)cc(F)cc2c(=O)n1-c1cncc(F)c1. The van der Waals surface area contributed by atoms with Gasteiger partial charge in [-0.15, -0.1) is 0 Å². The largest absolute Gasteiger partial charge is 0.465 e. The lowest BCUT2D eigenvalue weighted by Gasteiger charge is -2.20. The van der Waals surface area contributed by atoms with Crippen molar-refractivity contribution in [3.8, 4) is 11.8 Å². The first kappa shape index (κ1) is 18.9. The fourth-order valence-electron chi connectivity index (χ4n) is 2.86. The maximum atomic E-state index is 13.9. The highest BCUT2D eigenvalue weighted by atomic mass is 19.1. The van der Waals surface area contributed by atoms with Crippen LogP contribution in [0.2, 0.25) is 0 Å². The molecule has 3 rings (SSSR count). The Morgan fingerprint density at radius 3 is 2.68 bits per heavy atom. The molecule has 1 amide bonds. The predicted octanol–water partition coefficient (Wildman–Crippen LogP) is 2.65. The van der Waals surface area contributed by atoms with E-state index in [1.54, 1.807) is 13.0 Å². The Bertz CT molecular complexity index is 1190. The third-order valence-electron chi connectivity index (χ3n) is 4.05. The Hall–Kier alpha value is -3.87. The number of hydrogen-bond acceptors (Lipinski definition) is 5. The van der Waals surface area contributed by atoms with Crippen molar-refractivity contribution in [1.82, 2.24) is 19.9 Å². The molecule has 10 heteroatoms. The average Bonchev–Trinajstić information content (AvgIpc) is 2.65. The molecule has 0 spiro atoms. The minimum Gasteiger partial charge on any atom is -0.465 e. The minimum atomic E-state index is -1.36. The van der Waals surface area contributed by atoms with Gasteiger partial charge in [0.15, 0.2) is 0 Å². The first-order valence-corrected chi connectivity index (χ1v) is 8.12. The van der Waals surface area contributed by atoms with Crippen LogP contribution in [0, 0.1) is 23.0 Å². The number of benzene rings is 1. The van der Waals surface area contributed by atoms with Gasteiger partial charge in [0.05, 0.1) is 40.6 Å². The van der Waals surface area contributed by atoms with E-state index in [4.69, 9.17) is 5.11 Å². The lowest BCUT2D eigenvalue weighted by Crippen LogP contribution is -2.33. The van der Waals surface area contributed by atoms with Gasteiger partial charge in [-0.25, -0.2) is 18.6 Å². The zero-order valence-electron chi connectivity index (χ0n) is 14.5. The first-order chi connectivity index (χ1) is 13.3. The van der Waals surface area contributed by atoms with Crippen molar-refractivity contribution in [2.75, 3.05) is 0 Å². The molecular weight excluding hydrogens is 372 g/mol. The summed E-state index contributed by atoms with van der Waals surface area (Å²) in [6, 6.07) is 3.69. The molecule has 0 saturated carbocycles. The Morgan fingerprint density at radius 1 is 1.32 bits per heavy atom. The molecule has 0 aliphatic carbocycles. The van der Waals surface area contributed by atoms with Crippen molar-refractivity contribution < 1.29 is 18.7 Å². The van der Waals surface area contributed by atoms with Crippen LogP contribution in [-0.4, -0.2) is 25.7 Å². The van der Waals surface area contributed by atoms with Crippen molar-refractivity contribution in [2.45, 2.75) is 19.4 Å². The fourth-order valence-corrected chi connectivity index (χ4v) is 2.86. The van der Waals surface area contributed by atoms with E-state index in [9.17, 15) is 23.6 Å². The van der Waals surface area contributed by atoms with Gasteiger partial charge in [-0.2, -0.15) is 5.26 Å². The van der Waals surface area contributed by atoms with Gasteiger partial charge < -0.3 is 10.4 Å². The zero-order valence-corrected chi connectivity index (χ0v) is 14.5. The summed E-state index contributed by atoms with van der Waals surface area (Å²) in [5.41, 5.74) is -1.05. The summed E-state index contributed by atoms with van der Waals surface area (Å²) in [6.45, 7) is 1.65. The number of aromatic nitrogens is 3. The number of nitrogens with zero attached hydrogens (tertiary/aromatic N) is 4. The number of nitrogens with one attached hydrogen (secondary N) is 1. The third-order valence-corrected chi connectivity index (χ3v) is 4.05. The molecule has 2 N–H and O–H groups in total. The van der Waals surface area contributed by atoms with Crippen molar-refractivity contribution in [3.05, 3.63) is 64.0 Å². The normalized spacial score (nSPS) is 11.8. The summed E-state index contributed by atoms with van der Waals surface area (Å²) in [6.07, 6.45) is 0.975. The van der Waals surface area contributed by atoms with Crippen LogP contribution in [0.15, 0.2) is 35.4 Å². The molecule has 1 unspecified atom stereocenters. The van der Waals surface area contributed by atoms with E-state index < -0.39 is 29.3 Å². The number of halogens is 2. The van der Waals surface area contributed by atoms with Gasteiger partial charge in [0, 0.05) is 6.07 Å². The van der Waals surface area contributed by atoms with E-state index in [2.05, 4.69) is 15.3 Å². The maximum absolute atomic E-state index is 13.9. The van der Waals surface area contributed by atoms with Gasteiger partial charge in [-0.3, -0.25) is 14.3 Å². The molecule has 0 bridgehead atoms. The minimum absolute atomic E-state index is 0.0113. The Kier molecular flexibility index (Phi) is 5.00. The quantitative estimate of drug-likeness (QED) is 0.712. The molecule has 1 atom stereocenters. The molecule has 2 aromatic heterocycles. The molecule has 28 heavy (non-hydrogen) atoms. The Labute approximate surface area is 156 Å². The van der Waals surface area contributed by atoms with Gasteiger partial charge in [0.25, 0.3) is 5.56 Å². The molecule has 1 aromatic carbocycles. The fraction of sp³-hybridized carbons (Fsp3) is 0.167. The zero-order chi connectivity index (χ0) is 20.4. The smallest absolute Gasteiger partial charge is 0.405 e. The van der Waals surface area contributed by atoms with E-state index in [0.717, 1.165) is 29.0 Å². The lowest BCUT2D eigenvalue weighted by molar-refractivity contribution is 0.188. The van der Waals surface area contributed by atoms with Crippen LogP contribution in [0.3, 0.4) is 0 Å². The monoisotopic (exact) mass is 385 g/mol. The number of pyridine rings is 1. The summed E-state index contributed by atoms with van der Waals surface area (Å²) in [4.78, 5) is 32.2. The average molecular weight is 385 g/mol. The van der Waals surface area contributed by atoms with Crippen molar-refractivity contribution in [2.24, 2.45) is 0 Å². The van der Waals surface area contributed by atoms with E-state index in [-0.39, 0.29) is 34.4 Å². The molecule has 8 nitrogen and oxygen atoms in total. The number of carbonyl (C=O) groups is 1. The van der Waals surface area contributed by atoms with Crippen LogP contribution < -0.4 is 10.9 Å². The van der Waals surface area contributed by atoms with Gasteiger partial charge in [-0.05, 0) is 18.6 Å². The maximum Gasteiger partial charge on any atom is 0.405 e. The van der Waals surface area contributed by atoms with Crippen molar-refractivity contribution >= 4 is 17.0 Å². The summed E-state index contributed by atoms with van der Waals surface area (Å²) < 4.78 is 28.5. The molecule has 142 valence electrons. The number of fused-ring (bicyclic) bond motifs is 1. The molecule has 0 radical (unpaired) electrons. The lowest BCUT2D eigenvalue weighted by atomic mass is 10.1. The second-order valence-corrected chi connectivity index (χ2v) is 5.84. The van der Waals surface area contributed by atoms with E-state index in [1.165, 1.54) is 6.20 Å². The van der Waals surface area contributed by atoms with Crippen molar-refractivity contribution in [1.29, 1.82) is 5.26 Å². The molecule has 0 aliphatic heterocycles. The van der Waals surface area contributed by atoms with Crippen LogP contribution in [-0.2, 0) is 0 Å². The Balaban J connectivity index is 2.46. The van der Waals surface area contributed by atoms with Gasteiger partial charge in [0.2, 0.25) is 0 Å². The number of hydrogen-bond donors (Lipinski definition) is 2. The molecule has 3 aromatic rings. The van der Waals surface area contributed by atoms with Crippen molar-refractivity contribution in [3.63, 3.8) is 0 Å². The van der Waals surface area contributed by atoms with Crippen LogP contribution in [0.5, 0.6) is 0 Å². The number of rotatable bonds is 4. The summed E-state index contributed by atoms with van der Waals surface area (Å²) in [7, 11) is 0. The highest BCUT2D eigenvalue weighted by Gasteiger charge is 2.23. The van der Waals surface area contributed by atoms with E-state index in [1.807, 2.05) is 0 Å². The van der Waals surface area contributed by atoms with E-state index >= 15 is 0 Å². The van der Waals surface area contributed by atoms with Crippen LogP contribution >= 0.6 is 0 Å². The Morgan fingerprint density at radius 2 is 2.07 bits per heavy atom. The number of nitriles is 1. The summed E-state index contributed by atoms with van der Waals surface area (Å²) in [5.74, 6) is -1.61. The second kappa shape index (κ2) is 7.40. The second-order valence-electron chi connectivity index (χ2n) is 5.84.